The summed E-state index contributed by atoms with van der Waals surface area (Å²) >= 11 is 0. The van der Waals surface area contributed by atoms with Crippen molar-refractivity contribution in [2.45, 2.75) is 25.8 Å². The average molecular weight is 243 g/mol. The van der Waals surface area contributed by atoms with Gasteiger partial charge in [0.05, 0.1) is 11.2 Å². The lowest BCUT2D eigenvalue weighted by Crippen LogP contribution is -2.33. The van der Waals surface area contributed by atoms with Gasteiger partial charge in [0.1, 0.15) is 5.69 Å². The summed E-state index contributed by atoms with van der Waals surface area (Å²) in [5.41, 5.74) is 8.07. The molecule has 1 saturated carbocycles. The molecule has 1 aliphatic carbocycles. The van der Waals surface area contributed by atoms with Crippen molar-refractivity contribution in [3.05, 3.63) is 30.0 Å². The lowest BCUT2D eigenvalue weighted by molar-refractivity contribution is 0.0747. The largest absolute Gasteiger partial charge is 0.397 e. The molecule has 3 rings (SSSR count). The summed E-state index contributed by atoms with van der Waals surface area (Å²) in [7, 11) is 0. The third-order valence-electron chi connectivity index (χ3n) is 3.51. The van der Waals surface area contributed by atoms with E-state index in [0.717, 1.165) is 30.3 Å². The molecule has 2 aromatic rings. The SMILES string of the molecule is CCN(C(=O)c1cc2cccc(N)c2[nH]1)C1CC1. The normalized spacial score (nSPS) is 14.9. The molecule has 1 aromatic heterocycles. The van der Waals surface area contributed by atoms with E-state index in [1.54, 1.807) is 0 Å². The number of aromatic nitrogens is 1. The zero-order chi connectivity index (χ0) is 12.7. The van der Waals surface area contributed by atoms with Crippen LogP contribution in [-0.4, -0.2) is 28.4 Å². The minimum Gasteiger partial charge on any atom is -0.397 e. The number of nitrogens with two attached hydrogens (primary N) is 1. The molecule has 0 radical (unpaired) electrons. The summed E-state index contributed by atoms with van der Waals surface area (Å²) in [5, 5.41) is 0.991. The monoisotopic (exact) mass is 243 g/mol. The smallest absolute Gasteiger partial charge is 0.270 e. The summed E-state index contributed by atoms with van der Waals surface area (Å²) in [6.45, 7) is 2.78. The van der Waals surface area contributed by atoms with Crippen molar-refractivity contribution in [3.63, 3.8) is 0 Å². The van der Waals surface area contributed by atoms with Crippen LogP contribution in [-0.2, 0) is 0 Å². The number of hydrogen-bond donors (Lipinski definition) is 2. The first-order valence-corrected chi connectivity index (χ1v) is 6.39. The maximum absolute atomic E-state index is 12.4. The van der Waals surface area contributed by atoms with Gasteiger partial charge in [-0.2, -0.15) is 0 Å². The van der Waals surface area contributed by atoms with E-state index < -0.39 is 0 Å². The van der Waals surface area contributed by atoms with Gasteiger partial charge in [-0.1, -0.05) is 12.1 Å². The van der Waals surface area contributed by atoms with Crippen LogP contribution in [0.2, 0.25) is 0 Å². The van der Waals surface area contributed by atoms with Crippen LogP contribution in [0, 0.1) is 0 Å². The van der Waals surface area contributed by atoms with E-state index in [1.807, 2.05) is 36.1 Å². The van der Waals surface area contributed by atoms with E-state index in [0.29, 0.717) is 17.4 Å². The number of para-hydroxylation sites is 1. The number of H-pyrrole nitrogens is 1. The van der Waals surface area contributed by atoms with E-state index in [9.17, 15) is 4.79 Å². The lowest BCUT2D eigenvalue weighted by atomic mass is 10.2. The molecule has 4 nitrogen and oxygen atoms in total. The summed E-state index contributed by atoms with van der Waals surface area (Å²) in [6, 6.07) is 8.03. The Balaban J connectivity index is 1.98. The average Bonchev–Trinajstić information content (AvgIpc) is 3.08. The summed E-state index contributed by atoms with van der Waals surface area (Å²) in [4.78, 5) is 17.5. The number of amides is 1. The number of rotatable bonds is 3. The van der Waals surface area contributed by atoms with E-state index in [4.69, 9.17) is 5.73 Å². The zero-order valence-corrected chi connectivity index (χ0v) is 10.4. The van der Waals surface area contributed by atoms with Gasteiger partial charge in [0.25, 0.3) is 5.91 Å². The molecule has 1 fully saturated rings. The molecule has 0 saturated heterocycles. The van der Waals surface area contributed by atoms with Gasteiger partial charge in [0.15, 0.2) is 0 Å². The third kappa shape index (κ3) is 1.74. The Hall–Kier alpha value is -1.97. The van der Waals surface area contributed by atoms with Crippen molar-refractivity contribution in [1.29, 1.82) is 0 Å². The number of hydrogen-bond acceptors (Lipinski definition) is 2. The quantitative estimate of drug-likeness (QED) is 0.813. The zero-order valence-electron chi connectivity index (χ0n) is 10.4. The Morgan fingerprint density at radius 2 is 2.28 bits per heavy atom. The second-order valence-corrected chi connectivity index (χ2v) is 4.82. The highest BCUT2D eigenvalue weighted by Crippen LogP contribution is 2.29. The van der Waals surface area contributed by atoms with Gasteiger partial charge >= 0.3 is 0 Å². The molecular formula is C14H17N3O. The predicted molar refractivity (Wildman–Crippen MR) is 72.4 cm³/mol. The van der Waals surface area contributed by atoms with Gasteiger partial charge in [-0.25, -0.2) is 0 Å². The number of carbonyl (C=O) groups is 1. The number of fused-ring (bicyclic) bond motifs is 1. The highest BCUT2D eigenvalue weighted by Gasteiger charge is 2.32. The molecule has 0 spiro atoms. The Morgan fingerprint density at radius 1 is 1.50 bits per heavy atom. The van der Waals surface area contributed by atoms with Crippen LogP contribution in [0.3, 0.4) is 0 Å². The maximum Gasteiger partial charge on any atom is 0.270 e. The van der Waals surface area contributed by atoms with Crippen molar-refractivity contribution in [1.82, 2.24) is 9.88 Å². The molecule has 0 bridgehead atoms. The Labute approximate surface area is 106 Å². The molecule has 4 heteroatoms. The molecule has 94 valence electrons. The van der Waals surface area contributed by atoms with E-state index in [-0.39, 0.29) is 5.91 Å². The van der Waals surface area contributed by atoms with E-state index >= 15 is 0 Å². The van der Waals surface area contributed by atoms with Crippen LogP contribution in [0.25, 0.3) is 10.9 Å². The second-order valence-electron chi connectivity index (χ2n) is 4.82. The first-order chi connectivity index (χ1) is 8.70. The molecule has 3 N–H and O–H groups in total. The van der Waals surface area contributed by atoms with E-state index in [1.165, 1.54) is 0 Å². The number of nitrogen functional groups attached to an aromatic ring is 1. The predicted octanol–water partition coefficient (Wildman–Crippen LogP) is 2.37. The van der Waals surface area contributed by atoms with E-state index in [2.05, 4.69) is 4.98 Å². The topological polar surface area (TPSA) is 62.1 Å². The first kappa shape index (κ1) is 11.1. The minimum atomic E-state index is 0.0793. The summed E-state index contributed by atoms with van der Waals surface area (Å²) in [6.07, 6.45) is 2.25. The third-order valence-corrected chi connectivity index (χ3v) is 3.51. The minimum absolute atomic E-state index is 0.0793. The highest BCUT2D eigenvalue weighted by atomic mass is 16.2. The number of aromatic amines is 1. The van der Waals surface area contributed by atoms with Gasteiger partial charge < -0.3 is 15.6 Å². The summed E-state index contributed by atoms with van der Waals surface area (Å²) in [5.74, 6) is 0.0793. The van der Waals surface area contributed by atoms with Gasteiger partial charge in [-0.15, -0.1) is 0 Å². The Kier molecular flexibility index (Phi) is 2.51. The number of carbonyl (C=O) groups excluding carboxylic acids is 1. The van der Waals surface area contributed by atoms with Gasteiger partial charge in [-0.3, -0.25) is 4.79 Å². The number of nitrogens with one attached hydrogen (secondary N) is 1. The van der Waals surface area contributed by atoms with Gasteiger partial charge in [0.2, 0.25) is 0 Å². The molecule has 1 heterocycles. The molecule has 1 aliphatic rings. The molecular weight excluding hydrogens is 226 g/mol. The fourth-order valence-electron chi connectivity index (χ4n) is 2.40. The Morgan fingerprint density at radius 3 is 2.89 bits per heavy atom. The van der Waals surface area contributed by atoms with Crippen molar-refractivity contribution < 1.29 is 4.79 Å². The number of benzene rings is 1. The van der Waals surface area contributed by atoms with Crippen LogP contribution in [0.15, 0.2) is 24.3 Å². The maximum atomic E-state index is 12.4. The molecule has 0 aliphatic heterocycles. The van der Waals surface area contributed by atoms with Crippen LogP contribution in [0.5, 0.6) is 0 Å². The fraction of sp³-hybridized carbons (Fsp3) is 0.357. The number of anilines is 1. The molecule has 1 amide bonds. The van der Waals surface area contributed by atoms with Crippen LogP contribution in [0.1, 0.15) is 30.3 Å². The number of nitrogens with zero attached hydrogens (tertiary/aromatic N) is 1. The van der Waals surface area contributed by atoms with Crippen molar-refractivity contribution in [2.75, 3.05) is 12.3 Å². The fourth-order valence-corrected chi connectivity index (χ4v) is 2.40. The van der Waals surface area contributed by atoms with Crippen molar-refractivity contribution >= 4 is 22.5 Å². The molecule has 0 atom stereocenters. The lowest BCUT2D eigenvalue weighted by Gasteiger charge is -2.19. The van der Waals surface area contributed by atoms with Crippen LogP contribution >= 0.6 is 0 Å². The van der Waals surface area contributed by atoms with Crippen molar-refractivity contribution in [2.24, 2.45) is 0 Å². The second kappa shape index (κ2) is 4.05. The summed E-state index contributed by atoms with van der Waals surface area (Å²) < 4.78 is 0. The molecule has 1 aromatic carbocycles. The first-order valence-electron chi connectivity index (χ1n) is 6.39. The standard InChI is InChI=1S/C14H17N3O/c1-2-17(10-6-7-10)14(18)12-8-9-4-3-5-11(15)13(9)16-12/h3-5,8,10,16H,2,6-7,15H2,1H3. The van der Waals surface area contributed by atoms with Gasteiger partial charge in [0, 0.05) is 18.0 Å². The molecule has 18 heavy (non-hydrogen) atoms. The van der Waals surface area contributed by atoms with Crippen LogP contribution < -0.4 is 5.73 Å². The van der Waals surface area contributed by atoms with Gasteiger partial charge in [-0.05, 0) is 31.9 Å². The highest BCUT2D eigenvalue weighted by molar-refractivity contribution is 6.01. The Bertz CT molecular complexity index is 598. The van der Waals surface area contributed by atoms with Crippen LogP contribution in [0.4, 0.5) is 5.69 Å². The molecule has 0 unspecified atom stereocenters. The van der Waals surface area contributed by atoms with Crippen molar-refractivity contribution in [3.8, 4) is 0 Å².